The van der Waals surface area contributed by atoms with Gasteiger partial charge in [-0.3, -0.25) is 0 Å². The van der Waals surface area contributed by atoms with Crippen LogP contribution in [-0.4, -0.2) is 36.0 Å². The quantitative estimate of drug-likeness (QED) is 0.717. The van der Waals surface area contributed by atoms with Gasteiger partial charge in [-0.1, -0.05) is 0 Å². The van der Waals surface area contributed by atoms with Gasteiger partial charge in [-0.15, -0.1) is 0 Å². The molecule has 1 fully saturated rings. The zero-order valence-electron chi connectivity index (χ0n) is 9.71. The zero-order chi connectivity index (χ0) is 10.8. The molecule has 3 heteroatoms. The first-order valence-corrected chi connectivity index (χ1v) is 5.47. The Morgan fingerprint density at radius 1 is 1.43 bits per heavy atom. The van der Waals surface area contributed by atoms with Gasteiger partial charge in [0.2, 0.25) is 0 Å². The van der Waals surface area contributed by atoms with Gasteiger partial charge in [0.05, 0.1) is 12.2 Å². The summed E-state index contributed by atoms with van der Waals surface area (Å²) in [4.78, 5) is 0. The van der Waals surface area contributed by atoms with E-state index in [-0.39, 0.29) is 6.04 Å². The van der Waals surface area contributed by atoms with E-state index >= 15 is 0 Å². The lowest BCUT2D eigenvalue weighted by Crippen LogP contribution is -2.50. The lowest BCUT2D eigenvalue weighted by atomic mass is 9.95. The maximum absolute atomic E-state index is 9.78. The highest BCUT2D eigenvalue weighted by Gasteiger charge is 2.28. The first-order valence-electron chi connectivity index (χ1n) is 5.47. The van der Waals surface area contributed by atoms with E-state index in [1.807, 2.05) is 20.8 Å². The minimum Gasteiger partial charge on any atom is -0.389 e. The molecule has 1 aliphatic rings. The van der Waals surface area contributed by atoms with E-state index in [1.165, 1.54) is 0 Å². The predicted molar refractivity (Wildman–Crippen MR) is 57.3 cm³/mol. The summed E-state index contributed by atoms with van der Waals surface area (Å²) in [7, 11) is 0. The SMILES string of the molecule is CC(NC(C)C(C)(C)O)C1CCOC1. The summed E-state index contributed by atoms with van der Waals surface area (Å²) in [6, 6.07) is 0.525. The van der Waals surface area contributed by atoms with Gasteiger partial charge in [-0.25, -0.2) is 0 Å². The van der Waals surface area contributed by atoms with Crippen LogP contribution in [0, 0.1) is 5.92 Å². The molecule has 0 amide bonds. The highest BCUT2D eigenvalue weighted by Crippen LogP contribution is 2.18. The average Bonchev–Trinajstić information content (AvgIpc) is 2.53. The van der Waals surface area contributed by atoms with Crippen LogP contribution >= 0.6 is 0 Å². The molecule has 0 aliphatic carbocycles. The number of rotatable bonds is 4. The molecule has 1 rings (SSSR count). The standard InChI is InChI=1S/C11H23NO2/c1-8(10-5-6-14-7-10)12-9(2)11(3,4)13/h8-10,12-13H,5-7H2,1-4H3. The fourth-order valence-corrected chi connectivity index (χ4v) is 1.68. The van der Waals surface area contributed by atoms with Crippen molar-refractivity contribution in [3.05, 3.63) is 0 Å². The molecule has 0 spiro atoms. The van der Waals surface area contributed by atoms with Gasteiger partial charge in [0, 0.05) is 18.7 Å². The highest BCUT2D eigenvalue weighted by atomic mass is 16.5. The fraction of sp³-hybridized carbons (Fsp3) is 1.00. The van der Waals surface area contributed by atoms with Gasteiger partial charge in [0.15, 0.2) is 0 Å². The van der Waals surface area contributed by atoms with E-state index in [0.717, 1.165) is 19.6 Å². The Balaban J connectivity index is 2.35. The van der Waals surface area contributed by atoms with Crippen molar-refractivity contribution < 1.29 is 9.84 Å². The Morgan fingerprint density at radius 2 is 2.07 bits per heavy atom. The van der Waals surface area contributed by atoms with Crippen LogP contribution in [0.2, 0.25) is 0 Å². The zero-order valence-corrected chi connectivity index (χ0v) is 9.71. The maximum Gasteiger partial charge on any atom is 0.0741 e. The normalized spacial score (nSPS) is 27.6. The summed E-state index contributed by atoms with van der Waals surface area (Å²) in [5.41, 5.74) is -0.659. The lowest BCUT2D eigenvalue weighted by Gasteiger charge is -2.31. The van der Waals surface area contributed by atoms with Gasteiger partial charge in [-0.05, 0) is 40.0 Å². The van der Waals surface area contributed by atoms with Gasteiger partial charge in [0.25, 0.3) is 0 Å². The van der Waals surface area contributed by atoms with Crippen LogP contribution < -0.4 is 5.32 Å². The molecule has 3 nitrogen and oxygen atoms in total. The molecule has 0 aromatic carbocycles. The molecule has 1 aliphatic heterocycles. The minimum absolute atomic E-state index is 0.109. The molecule has 3 unspecified atom stereocenters. The van der Waals surface area contributed by atoms with Crippen molar-refractivity contribution in [3.8, 4) is 0 Å². The number of aliphatic hydroxyl groups is 1. The molecule has 84 valence electrons. The summed E-state index contributed by atoms with van der Waals surface area (Å²) in [6.07, 6.45) is 1.13. The second-order valence-corrected chi connectivity index (χ2v) is 4.95. The van der Waals surface area contributed by atoms with Crippen molar-refractivity contribution in [3.63, 3.8) is 0 Å². The first-order chi connectivity index (χ1) is 6.41. The maximum atomic E-state index is 9.78. The predicted octanol–water partition coefficient (Wildman–Crippen LogP) is 1.16. The van der Waals surface area contributed by atoms with E-state index in [0.29, 0.717) is 12.0 Å². The average molecular weight is 201 g/mol. The third-order valence-electron chi connectivity index (χ3n) is 3.24. The van der Waals surface area contributed by atoms with Crippen LogP contribution in [0.5, 0.6) is 0 Å². The van der Waals surface area contributed by atoms with E-state index in [2.05, 4.69) is 12.2 Å². The molecule has 0 radical (unpaired) electrons. The van der Waals surface area contributed by atoms with Crippen molar-refractivity contribution >= 4 is 0 Å². The van der Waals surface area contributed by atoms with Crippen molar-refractivity contribution in [1.29, 1.82) is 0 Å². The molecule has 0 aromatic heterocycles. The monoisotopic (exact) mass is 201 g/mol. The van der Waals surface area contributed by atoms with Crippen LogP contribution in [0.1, 0.15) is 34.1 Å². The Morgan fingerprint density at radius 3 is 2.50 bits per heavy atom. The van der Waals surface area contributed by atoms with E-state index in [9.17, 15) is 5.11 Å². The molecule has 0 bridgehead atoms. The van der Waals surface area contributed by atoms with Crippen LogP contribution in [0.25, 0.3) is 0 Å². The number of hydrogen-bond donors (Lipinski definition) is 2. The van der Waals surface area contributed by atoms with Crippen molar-refractivity contribution in [1.82, 2.24) is 5.32 Å². The third kappa shape index (κ3) is 3.23. The van der Waals surface area contributed by atoms with Crippen LogP contribution in [0.3, 0.4) is 0 Å². The van der Waals surface area contributed by atoms with Crippen molar-refractivity contribution in [2.24, 2.45) is 5.92 Å². The van der Waals surface area contributed by atoms with E-state index in [4.69, 9.17) is 4.74 Å². The molecule has 3 atom stereocenters. The summed E-state index contributed by atoms with van der Waals surface area (Å²) < 4.78 is 5.34. The number of nitrogens with one attached hydrogen (secondary N) is 1. The lowest BCUT2D eigenvalue weighted by molar-refractivity contribution is 0.0369. The van der Waals surface area contributed by atoms with Gasteiger partial charge in [0.1, 0.15) is 0 Å². The van der Waals surface area contributed by atoms with Gasteiger partial charge < -0.3 is 15.2 Å². The van der Waals surface area contributed by atoms with Crippen LogP contribution in [0.15, 0.2) is 0 Å². The highest BCUT2D eigenvalue weighted by molar-refractivity contribution is 4.85. The summed E-state index contributed by atoms with van der Waals surface area (Å²) in [5, 5.41) is 13.2. The molecule has 1 saturated heterocycles. The molecule has 0 aromatic rings. The van der Waals surface area contributed by atoms with E-state index in [1.54, 1.807) is 0 Å². The van der Waals surface area contributed by atoms with Gasteiger partial charge >= 0.3 is 0 Å². The van der Waals surface area contributed by atoms with Gasteiger partial charge in [-0.2, -0.15) is 0 Å². The molecular formula is C11H23NO2. The fourth-order valence-electron chi connectivity index (χ4n) is 1.68. The summed E-state index contributed by atoms with van der Waals surface area (Å²) in [6.45, 7) is 9.60. The van der Waals surface area contributed by atoms with Crippen LogP contribution in [-0.2, 0) is 4.74 Å². The second kappa shape index (κ2) is 4.60. The minimum atomic E-state index is -0.659. The Hall–Kier alpha value is -0.120. The topological polar surface area (TPSA) is 41.5 Å². The van der Waals surface area contributed by atoms with Crippen molar-refractivity contribution in [2.75, 3.05) is 13.2 Å². The molecule has 0 saturated carbocycles. The number of hydrogen-bond acceptors (Lipinski definition) is 3. The molecular weight excluding hydrogens is 178 g/mol. The summed E-state index contributed by atoms with van der Waals surface area (Å²) in [5.74, 6) is 0.597. The Bertz CT molecular complexity index is 171. The summed E-state index contributed by atoms with van der Waals surface area (Å²) >= 11 is 0. The van der Waals surface area contributed by atoms with Crippen LogP contribution in [0.4, 0.5) is 0 Å². The van der Waals surface area contributed by atoms with Crippen molar-refractivity contribution in [2.45, 2.75) is 51.8 Å². The largest absolute Gasteiger partial charge is 0.389 e. The number of ether oxygens (including phenoxy) is 1. The molecule has 14 heavy (non-hydrogen) atoms. The third-order valence-corrected chi connectivity index (χ3v) is 3.24. The van der Waals surface area contributed by atoms with E-state index < -0.39 is 5.60 Å². The molecule has 1 heterocycles. The molecule has 2 N–H and O–H groups in total. The second-order valence-electron chi connectivity index (χ2n) is 4.95. The Kier molecular flexibility index (Phi) is 3.93. The smallest absolute Gasteiger partial charge is 0.0741 e. The first kappa shape index (κ1) is 12.0. The Labute approximate surface area is 86.8 Å².